The van der Waals surface area contributed by atoms with E-state index in [0.717, 1.165) is 0 Å². The Morgan fingerprint density at radius 3 is 0.905 bits per heavy atom. The first-order valence-corrected chi connectivity index (χ1v) is 21.0. The van der Waals surface area contributed by atoms with E-state index in [1.54, 1.807) is 0 Å². The van der Waals surface area contributed by atoms with Crippen LogP contribution in [-0.4, -0.2) is 5.75 Å². The monoisotopic (exact) mass is 560 g/mol. The third-order valence-corrected chi connectivity index (χ3v) is 28.6. The van der Waals surface area contributed by atoms with Crippen LogP contribution in [0.2, 0.25) is 0 Å². The summed E-state index contributed by atoms with van der Waals surface area (Å²) in [6.45, 7) is 0. The predicted octanol–water partition coefficient (Wildman–Crippen LogP) is 3.97. The van der Waals surface area contributed by atoms with Crippen LogP contribution in [0.3, 0.4) is 0 Å². The van der Waals surface area contributed by atoms with E-state index in [2.05, 4.69) is 131 Å². The third-order valence-electron chi connectivity index (χ3n) is 3.63. The van der Waals surface area contributed by atoms with Gasteiger partial charge in [0.2, 0.25) is 0 Å². The van der Waals surface area contributed by atoms with E-state index < -0.39 is 5.75 Å². The van der Waals surface area contributed by atoms with E-state index in [-0.39, 0.29) is 0 Å². The molecule has 0 amide bonds. The molecule has 0 spiro atoms. The van der Waals surface area contributed by atoms with Crippen LogP contribution in [0.25, 0.3) is 0 Å². The Morgan fingerprint density at radius 1 is 0.429 bits per heavy atom. The van der Waals surface area contributed by atoms with Gasteiger partial charge in [-0.05, 0) is 0 Å². The molecule has 0 atom stereocenters. The van der Waals surface area contributed by atoms with Gasteiger partial charge in [0.15, 0.2) is 0 Å². The molecule has 0 fully saturated rings. The van der Waals surface area contributed by atoms with Crippen molar-refractivity contribution >= 4 is 59.1 Å². The zero-order valence-electron chi connectivity index (χ0n) is 11.4. The molecule has 0 bridgehead atoms. The summed E-state index contributed by atoms with van der Waals surface area (Å²) in [5, 5.41) is 0. The molecule has 0 radical (unpaired) electrons. The van der Waals surface area contributed by atoms with Crippen LogP contribution in [0.15, 0.2) is 91.0 Å². The van der Waals surface area contributed by atoms with Crippen LogP contribution in [0.4, 0.5) is 0 Å². The van der Waals surface area contributed by atoms with Gasteiger partial charge in [-0.2, -0.15) is 0 Å². The van der Waals surface area contributed by atoms with Crippen LogP contribution < -0.4 is 13.1 Å². The third kappa shape index (κ3) is 2.71. The summed E-state index contributed by atoms with van der Waals surface area (Å²) in [6, 6.07) is 32.9. The van der Waals surface area contributed by atoms with Gasteiger partial charge in [-0.25, -0.2) is 0 Å². The van der Waals surface area contributed by atoms with Crippen molar-refractivity contribution in [2.75, 3.05) is 0 Å². The second-order valence-corrected chi connectivity index (χ2v) is 41.6. The molecule has 0 saturated carbocycles. The van der Waals surface area contributed by atoms with E-state index in [9.17, 15) is 0 Å². The second-order valence-electron chi connectivity index (χ2n) is 4.91. The molecule has 0 saturated heterocycles. The molecule has 106 valence electrons. The van der Waals surface area contributed by atoms with Gasteiger partial charge in [-0.3, -0.25) is 0 Å². The van der Waals surface area contributed by atoms with Gasteiger partial charge in [-0.15, -0.1) is 0 Å². The second kappa shape index (κ2) is 6.05. The number of halogens is 2. The SMILES string of the molecule is I[As](I)(c1ccccc1)(c1ccccc1)c1ccccc1. The van der Waals surface area contributed by atoms with E-state index in [4.69, 9.17) is 0 Å². The van der Waals surface area contributed by atoms with Gasteiger partial charge >= 0.3 is 150 Å². The van der Waals surface area contributed by atoms with Crippen molar-refractivity contribution in [2.24, 2.45) is 0 Å². The van der Waals surface area contributed by atoms with Crippen molar-refractivity contribution in [2.45, 2.75) is 0 Å². The molecule has 3 aromatic rings. The molecule has 0 aliphatic heterocycles. The van der Waals surface area contributed by atoms with Gasteiger partial charge in [0.25, 0.3) is 0 Å². The molecule has 0 N–H and O–H groups in total. The minimum absolute atomic E-state index is 1.45. The zero-order valence-corrected chi connectivity index (χ0v) is 17.6. The summed E-state index contributed by atoms with van der Waals surface area (Å²) in [4.78, 5) is 0. The summed E-state index contributed by atoms with van der Waals surface area (Å²) in [5.41, 5.74) is 0. The normalized spacial score (nSPS) is 13.3. The molecule has 3 heteroatoms. The summed E-state index contributed by atoms with van der Waals surface area (Å²) in [5.74, 6) is -3.10. The molecule has 0 aliphatic rings. The predicted molar refractivity (Wildman–Crippen MR) is 112 cm³/mol. The Bertz CT molecular complexity index is 622. The van der Waals surface area contributed by atoms with E-state index in [1.165, 1.54) is 13.1 Å². The van der Waals surface area contributed by atoms with Crippen molar-refractivity contribution < 1.29 is 0 Å². The van der Waals surface area contributed by atoms with E-state index in [1.807, 2.05) is 0 Å². The molecule has 3 rings (SSSR count). The Hall–Kier alpha value is -0.322. The molecule has 21 heavy (non-hydrogen) atoms. The summed E-state index contributed by atoms with van der Waals surface area (Å²) < 4.78 is 4.36. The molecule has 0 unspecified atom stereocenters. The standard InChI is InChI=1S/C18H15AsI2/c20-19(21,16-10-4-1-5-11-16,17-12-6-2-7-13-17)18-14-8-3-9-15-18/h1-15H. The van der Waals surface area contributed by atoms with Crippen molar-refractivity contribution in [1.82, 2.24) is 0 Å². The number of hydrogen-bond acceptors (Lipinski definition) is 0. The van der Waals surface area contributed by atoms with Crippen LogP contribution in [-0.2, 0) is 0 Å². The fraction of sp³-hybridized carbons (Fsp3) is 0. The first-order valence-electron chi connectivity index (χ1n) is 6.74. The van der Waals surface area contributed by atoms with Crippen molar-refractivity contribution in [1.29, 1.82) is 0 Å². The first-order chi connectivity index (χ1) is 10.1. The minimum atomic E-state index is -3.10. The Balaban J connectivity index is 2.36. The Labute approximate surface area is 148 Å². The Kier molecular flexibility index (Phi) is 4.49. The average Bonchev–Trinajstić information content (AvgIpc) is 2.57. The average molecular weight is 560 g/mol. The fourth-order valence-electron chi connectivity index (χ4n) is 2.52. The topological polar surface area (TPSA) is 0 Å². The van der Waals surface area contributed by atoms with E-state index in [0.29, 0.717) is 0 Å². The molecular weight excluding hydrogens is 545 g/mol. The van der Waals surface area contributed by atoms with Crippen molar-refractivity contribution in [3.63, 3.8) is 0 Å². The molecule has 0 aliphatic carbocycles. The fourth-order valence-corrected chi connectivity index (χ4v) is 18.8. The number of benzene rings is 3. The van der Waals surface area contributed by atoms with Gasteiger partial charge < -0.3 is 0 Å². The van der Waals surface area contributed by atoms with Gasteiger partial charge in [0, 0.05) is 0 Å². The molecule has 0 heterocycles. The van der Waals surface area contributed by atoms with Crippen LogP contribution in [0.1, 0.15) is 0 Å². The molecule has 0 nitrogen and oxygen atoms in total. The van der Waals surface area contributed by atoms with Gasteiger partial charge in [0.1, 0.15) is 0 Å². The van der Waals surface area contributed by atoms with Crippen molar-refractivity contribution in [3.05, 3.63) is 91.0 Å². The Morgan fingerprint density at radius 2 is 0.667 bits per heavy atom. The van der Waals surface area contributed by atoms with Crippen LogP contribution >= 0.6 is 40.3 Å². The molecule has 3 aromatic carbocycles. The summed E-state index contributed by atoms with van der Waals surface area (Å²) in [7, 11) is 0. The first kappa shape index (κ1) is 15.6. The summed E-state index contributed by atoms with van der Waals surface area (Å²) in [6.07, 6.45) is 0. The molecular formula is C18H15AsI2. The zero-order chi connectivity index (χ0) is 14.8. The maximum absolute atomic E-state index is 3.10. The van der Waals surface area contributed by atoms with Crippen LogP contribution in [0.5, 0.6) is 0 Å². The van der Waals surface area contributed by atoms with Gasteiger partial charge in [-0.1, -0.05) is 0 Å². The number of rotatable bonds is 3. The van der Waals surface area contributed by atoms with Crippen molar-refractivity contribution in [3.8, 4) is 0 Å². The van der Waals surface area contributed by atoms with E-state index >= 15 is 0 Å². The number of hydrogen-bond donors (Lipinski definition) is 0. The summed E-state index contributed by atoms with van der Waals surface area (Å²) >= 11 is 5.54. The van der Waals surface area contributed by atoms with Gasteiger partial charge in [0.05, 0.1) is 0 Å². The molecule has 0 aromatic heterocycles. The quantitative estimate of drug-likeness (QED) is 0.337. The maximum atomic E-state index is 2.77. The van der Waals surface area contributed by atoms with Crippen LogP contribution in [0, 0.1) is 0 Å².